The van der Waals surface area contributed by atoms with E-state index in [1.54, 1.807) is 36.5 Å². The number of aryl methyl sites for hydroxylation is 1. The van der Waals surface area contributed by atoms with Crippen LogP contribution >= 0.6 is 0 Å². The van der Waals surface area contributed by atoms with Crippen molar-refractivity contribution in [1.29, 1.82) is 0 Å². The van der Waals surface area contributed by atoms with E-state index in [1.807, 2.05) is 31.2 Å². The number of carbonyl (C=O) groups is 2. The molecule has 0 atom stereocenters. The number of carbonyl (C=O) groups excluding carboxylic acids is 2. The van der Waals surface area contributed by atoms with Crippen LogP contribution in [-0.4, -0.2) is 25.9 Å². The maximum Gasteiger partial charge on any atom is 0.263 e. The molecule has 0 aliphatic heterocycles. The fourth-order valence-electron chi connectivity index (χ4n) is 3.09. The molecule has 2 heterocycles. The molecule has 1 N–H and O–H groups in total. The zero-order valence-electron chi connectivity index (χ0n) is 15.7. The van der Waals surface area contributed by atoms with Gasteiger partial charge >= 0.3 is 0 Å². The molecule has 7 heteroatoms. The number of benzene rings is 2. The molecule has 0 radical (unpaired) electrons. The normalized spacial score (nSPS) is 10.8. The van der Waals surface area contributed by atoms with Crippen molar-refractivity contribution in [2.24, 2.45) is 0 Å². The molecule has 0 saturated heterocycles. The van der Waals surface area contributed by atoms with Crippen LogP contribution in [0.4, 0.5) is 5.69 Å². The summed E-state index contributed by atoms with van der Waals surface area (Å²) >= 11 is 0. The lowest BCUT2D eigenvalue weighted by Crippen LogP contribution is -2.26. The van der Waals surface area contributed by atoms with Gasteiger partial charge in [0, 0.05) is 23.5 Å². The van der Waals surface area contributed by atoms with E-state index in [0.29, 0.717) is 11.3 Å². The van der Waals surface area contributed by atoms with Crippen molar-refractivity contribution in [1.82, 2.24) is 14.1 Å². The summed E-state index contributed by atoms with van der Waals surface area (Å²) in [7, 11) is 0. The van der Waals surface area contributed by atoms with Gasteiger partial charge in [-0.2, -0.15) is 0 Å². The van der Waals surface area contributed by atoms with Crippen LogP contribution < -0.4 is 10.9 Å². The quantitative estimate of drug-likeness (QED) is 0.584. The third-order valence-electron chi connectivity index (χ3n) is 4.53. The number of para-hydroxylation sites is 2. The second-order valence-electron chi connectivity index (χ2n) is 6.71. The van der Waals surface area contributed by atoms with Crippen LogP contribution in [0.1, 0.15) is 15.9 Å². The molecule has 4 aromatic rings. The minimum absolute atomic E-state index is 0.0811. The first kappa shape index (κ1) is 18.4. The smallest absolute Gasteiger partial charge is 0.263 e. The van der Waals surface area contributed by atoms with Gasteiger partial charge in [0.15, 0.2) is 0 Å². The first-order valence-electron chi connectivity index (χ1n) is 9.05. The summed E-state index contributed by atoms with van der Waals surface area (Å²) in [5, 5.41) is 2.74. The number of amides is 1. The Kier molecular flexibility index (Phi) is 4.78. The minimum Gasteiger partial charge on any atom is -0.325 e. The second-order valence-corrected chi connectivity index (χ2v) is 6.71. The molecule has 2 aromatic heterocycles. The lowest BCUT2D eigenvalue weighted by Gasteiger charge is -2.09. The van der Waals surface area contributed by atoms with E-state index in [1.165, 1.54) is 21.5 Å². The number of aromatic nitrogens is 3. The number of imidazole rings is 1. The van der Waals surface area contributed by atoms with E-state index in [9.17, 15) is 14.4 Å². The minimum atomic E-state index is -0.322. The van der Waals surface area contributed by atoms with Crippen LogP contribution in [0.5, 0.6) is 0 Å². The first-order valence-corrected chi connectivity index (χ1v) is 9.05. The molecular weight excluding hydrogens is 368 g/mol. The van der Waals surface area contributed by atoms with E-state index in [2.05, 4.69) is 10.3 Å². The molecule has 7 nitrogen and oxygen atoms in total. The molecule has 4 rings (SSSR count). The van der Waals surface area contributed by atoms with Crippen molar-refractivity contribution < 1.29 is 9.59 Å². The van der Waals surface area contributed by atoms with Crippen LogP contribution in [0.3, 0.4) is 0 Å². The summed E-state index contributed by atoms with van der Waals surface area (Å²) in [4.78, 5) is 41.1. The molecule has 1 amide bonds. The van der Waals surface area contributed by atoms with Gasteiger partial charge in [-0.05, 0) is 48.9 Å². The van der Waals surface area contributed by atoms with Crippen molar-refractivity contribution >= 4 is 28.5 Å². The van der Waals surface area contributed by atoms with Gasteiger partial charge in [0.25, 0.3) is 11.5 Å². The Labute approximate surface area is 166 Å². The highest BCUT2D eigenvalue weighted by atomic mass is 16.2. The van der Waals surface area contributed by atoms with Gasteiger partial charge in [-0.15, -0.1) is 0 Å². The standard InChI is InChI=1S/C22H18N4O3/c1-15-6-11-21(28)25(12-15)13-20(27)24-17-9-7-16(8-10-17)22(29)26-14-23-18-4-2-3-5-19(18)26/h2-12,14H,13H2,1H3,(H,24,27). The summed E-state index contributed by atoms with van der Waals surface area (Å²) in [6.07, 6.45) is 3.14. The van der Waals surface area contributed by atoms with Gasteiger partial charge < -0.3 is 9.88 Å². The monoisotopic (exact) mass is 386 g/mol. The zero-order valence-corrected chi connectivity index (χ0v) is 15.7. The zero-order chi connectivity index (χ0) is 20.4. The number of rotatable bonds is 4. The molecule has 0 unspecified atom stereocenters. The number of hydrogen-bond donors (Lipinski definition) is 1. The van der Waals surface area contributed by atoms with Crippen LogP contribution in [0, 0.1) is 6.92 Å². The molecule has 0 saturated carbocycles. The Balaban J connectivity index is 1.47. The van der Waals surface area contributed by atoms with Crippen LogP contribution in [0.2, 0.25) is 0 Å². The second kappa shape index (κ2) is 7.55. The predicted octanol–water partition coefficient (Wildman–Crippen LogP) is 2.83. The Morgan fingerprint density at radius 1 is 1.00 bits per heavy atom. The molecule has 0 spiro atoms. The number of nitrogens with zero attached hydrogens (tertiary/aromatic N) is 3. The maximum absolute atomic E-state index is 12.8. The van der Waals surface area contributed by atoms with Gasteiger partial charge in [0.05, 0.1) is 11.0 Å². The average Bonchev–Trinajstić information content (AvgIpc) is 3.15. The molecule has 144 valence electrons. The third-order valence-corrected chi connectivity index (χ3v) is 4.53. The topological polar surface area (TPSA) is 86.0 Å². The van der Waals surface area contributed by atoms with E-state index < -0.39 is 0 Å². The van der Waals surface area contributed by atoms with Crippen molar-refractivity contribution in [2.75, 3.05) is 5.32 Å². The average molecular weight is 386 g/mol. The first-order chi connectivity index (χ1) is 14.0. The number of nitrogens with one attached hydrogen (secondary N) is 1. The van der Waals surface area contributed by atoms with E-state index in [-0.39, 0.29) is 23.9 Å². The summed E-state index contributed by atoms with van der Waals surface area (Å²) in [6.45, 7) is 1.77. The Morgan fingerprint density at radius 3 is 2.55 bits per heavy atom. The van der Waals surface area contributed by atoms with Gasteiger partial charge in [0.1, 0.15) is 12.9 Å². The van der Waals surface area contributed by atoms with Crippen LogP contribution in [0.15, 0.2) is 78.0 Å². The van der Waals surface area contributed by atoms with Gasteiger partial charge in [0.2, 0.25) is 5.91 Å². The maximum atomic E-state index is 12.8. The van der Waals surface area contributed by atoms with Crippen molar-refractivity contribution in [3.63, 3.8) is 0 Å². The third kappa shape index (κ3) is 3.84. The van der Waals surface area contributed by atoms with Crippen molar-refractivity contribution in [3.8, 4) is 0 Å². The largest absolute Gasteiger partial charge is 0.325 e. The van der Waals surface area contributed by atoms with E-state index >= 15 is 0 Å². The number of pyridine rings is 1. The predicted molar refractivity (Wildman–Crippen MR) is 110 cm³/mol. The highest BCUT2D eigenvalue weighted by molar-refractivity contribution is 6.01. The lowest BCUT2D eigenvalue weighted by atomic mass is 10.2. The summed E-state index contributed by atoms with van der Waals surface area (Å²) < 4.78 is 2.85. The van der Waals surface area contributed by atoms with E-state index in [4.69, 9.17) is 0 Å². The summed E-state index contributed by atoms with van der Waals surface area (Å²) in [5.74, 6) is -0.528. The Hall–Kier alpha value is -4.00. The Bertz CT molecular complexity index is 1270. The fraction of sp³-hybridized carbons (Fsp3) is 0.0909. The van der Waals surface area contributed by atoms with Gasteiger partial charge in [-0.3, -0.25) is 19.0 Å². The molecular formula is C22H18N4O3. The highest BCUT2D eigenvalue weighted by Crippen LogP contribution is 2.16. The SMILES string of the molecule is Cc1ccc(=O)n(CC(=O)Nc2ccc(C(=O)n3cnc4ccccc43)cc2)c1. The summed E-state index contributed by atoms with van der Waals surface area (Å²) in [6, 6.07) is 17.1. The number of anilines is 1. The number of hydrogen-bond acceptors (Lipinski definition) is 4. The van der Waals surface area contributed by atoms with Gasteiger partial charge in [-0.1, -0.05) is 18.2 Å². The van der Waals surface area contributed by atoms with Crippen LogP contribution in [0.25, 0.3) is 11.0 Å². The van der Waals surface area contributed by atoms with E-state index in [0.717, 1.165) is 16.6 Å². The summed E-state index contributed by atoms with van der Waals surface area (Å²) in [5.41, 5.74) is 3.16. The highest BCUT2D eigenvalue weighted by Gasteiger charge is 2.12. The van der Waals surface area contributed by atoms with Crippen LogP contribution in [-0.2, 0) is 11.3 Å². The number of fused-ring (bicyclic) bond motifs is 1. The molecule has 29 heavy (non-hydrogen) atoms. The Morgan fingerprint density at radius 2 is 1.76 bits per heavy atom. The van der Waals surface area contributed by atoms with Crippen molar-refractivity contribution in [3.05, 3.63) is 94.7 Å². The molecule has 0 aliphatic rings. The molecule has 0 aliphatic carbocycles. The molecule has 0 bridgehead atoms. The lowest BCUT2D eigenvalue weighted by molar-refractivity contribution is -0.116. The molecule has 2 aromatic carbocycles. The molecule has 0 fully saturated rings. The van der Waals surface area contributed by atoms with Crippen molar-refractivity contribution in [2.45, 2.75) is 13.5 Å². The van der Waals surface area contributed by atoms with Gasteiger partial charge in [-0.25, -0.2) is 4.98 Å². The fourth-order valence-corrected chi connectivity index (χ4v) is 3.09.